The van der Waals surface area contributed by atoms with Crippen LogP contribution in [0.3, 0.4) is 0 Å². The second-order valence-corrected chi connectivity index (χ2v) is 4.92. The first-order chi connectivity index (χ1) is 10.7. The van der Waals surface area contributed by atoms with E-state index in [1.165, 1.54) is 12.1 Å². The quantitative estimate of drug-likeness (QED) is 0.836. The molecule has 0 aliphatic carbocycles. The lowest BCUT2D eigenvalue weighted by Crippen LogP contribution is -2.37. The number of carbonyl (C=O) groups is 1. The predicted molar refractivity (Wildman–Crippen MR) is 78.3 cm³/mol. The fourth-order valence-corrected chi connectivity index (χ4v) is 2.27. The molecule has 2 rings (SSSR count). The monoisotopic (exact) mass is 327 g/mol. The first kappa shape index (κ1) is 16.9. The van der Waals surface area contributed by atoms with Crippen LogP contribution in [0, 0.1) is 0 Å². The molecule has 1 heterocycles. The van der Waals surface area contributed by atoms with Crippen molar-refractivity contribution >= 4 is 11.9 Å². The third kappa shape index (κ3) is 3.64. The highest BCUT2D eigenvalue weighted by atomic mass is 19.4. The summed E-state index contributed by atoms with van der Waals surface area (Å²) in [5, 5.41) is 2.73. The van der Waals surface area contributed by atoms with E-state index >= 15 is 0 Å². The van der Waals surface area contributed by atoms with Crippen LogP contribution < -0.4 is 11.1 Å². The van der Waals surface area contributed by atoms with Gasteiger partial charge in [0.2, 0.25) is 0 Å². The normalized spacial score (nSPS) is 18.3. The van der Waals surface area contributed by atoms with Crippen LogP contribution in [0.4, 0.5) is 13.2 Å². The minimum Gasteiger partial charge on any atom is -0.463 e. The Hall–Kier alpha value is -2.51. The Morgan fingerprint density at radius 1 is 1.35 bits per heavy atom. The number of benzene rings is 1. The van der Waals surface area contributed by atoms with E-state index in [9.17, 15) is 18.0 Å². The third-order valence-corrected chi connectivity index (χ3v) is 3.31. The number of alkyl halides is 3. The third-order valence-electron chi connectivity index (χ3n) is 3.31. The van der Waals surface area contributed by atoms with E-state index in [0.717, 1.165) is 12.1 Å². The van der Waals surface area contributed by atoms with Crippen LogP contribution in [0.15, 0.2) is 40.5 Å². The summed E-state index contributed by atoms with van der Waals surface area (Å²) in [7, 11) is 0. The Morgan fingerprint density at radius 2 is 1.96 bits per heavy atom. The molecular weight excluding hydrogens is 311 g/mol. The fourth-order valence-electron chi connectivity index (χ4n) is 2.27. The van der Waals surface area contributed by atoms with Gasteiger partial charge >= 0.3 is 12.1 Å². The number of aliphatic imine (C=N–C) groups is 1. The van der Waals surface area contributed by atoms with Gasteiger partial charge < -0.3 is 15.8 Å². The van der Waals surface area contributed by atoms with Gasteiger partial charge in [0.15, 0.2) is 5.96 Å². The molecule has 0 saturated heterocycles. The number of carbonyl (C=O) groups excluding carboxylic acids is 1. The maximum absolute atomic E-state index is 12.7. The molecule has 0 aromatic heterocycles. The second-order valence-electron chi connectivity index (χ2n) is 4.92. The van der Waals surface area contributed by atoms with E-state index in [-0.39, 0.29) is 18.1 Å². The molecule has 3 N–H and O–H groups in total. The Kier molecular flexibility index (Phi) is 4.63. The van der Waals surface area contributed by atoms with Crippen LogP contribution in [0.1, 0.15) is 31.0 Å². The van der Waals surface area contributed by atoms with Gasteiger partial charge in [0.05, 0.1) is 17.7 Å². The fraction of sp³-hybridized carbons (Fsp3) is 0.333. The van der Waals surface area contributed by atoms with Gasteiger partial charge in [-0.05, 0) is 31.5 Å². The van der Waals surface area contributed by atoms with Crippen molar-refractivity contribution in [3.8, 4) is 0 Å². The minimum absolute atomic E-state index is 0.0837. The molecule has 1 unspecified atom stereocenters. The van der Waals surface area contributed by atoms with Gasteiger partial charge in [0.1, 0.15) is 6.04 Å². The molecular formula is C15H16F3N3O2. The summed E-state index contributed by atoms with van der Waals surface area (Å²) >= 11 is 0. The zero-order valence-corrected chi connectivity index (χ0v) is 12.6. The summed E-state index contributed by atoms with van der Waals surface area (Å²) < 4.78 is 42.9. The number of hydrogen-bond acceptors (Lipinski definition) is 5. The van der Waals surface area contributed by atoms with Gasteiger partial charge in [-0.2, -0.15) is 13.2 Å². The molecule has 1 atom stereocenters. The average molecular weight is 327 g/mol. The van der Waals surface area contributed by atoms with Crippen LogP contribution in [0.2, 0.25) is 0 Å². The number of hydrogen-bond donors (Lipinski definition) is 2. The van der Waals surface area contributed by atoms with Crippen molar-refractivity contribution < 1.29 is 22.7 Å². The standard InChI is InChI=1S/C15H16F3N3O2/c1-3-23-13(22)11-8(2)20-14(19)21-12(11)9-4-6-10(7-5-9)15(16,17)18/h4-7,12H,3H2,1-2H3,(H3,19,20,21). The highest BCUT2D eigenvalue weighted by molar-refractivity contribution is 5.94. The first-order valence-electron chi connectivity index (χ1n) is 6.89. The molecule has 1 aliphatic rings. The van der Waals surface area contributed by atoms with Crippen molar-refractivity contribution in [2.75, 3.05) is 6.61 Å². The molecule has 1 aromatic rings. The molecule has 8 heteroatoms. The number of nitrogens with zero attached hydrogens (tertiary/aromatic N) is 1. The molecule has 0 bridgehead atoms. The van der Waals surface area contributed by atoms with Crippen molar-refractivity contribution in [2.24, 2.45) is 10.7 Å². The van der Waals surface area contributed by atoms with Crippen molar-refractivity contribution in [1.29, 1.82) is 0 Å². The number of guanidine groups is 1. The zero-order valence-electron chi connectivity index (χ0n) is 12.6. The van der Waals surface area contributed by atoms with Gasteiger partial charge in [-0.15, -0.1) is 0 Å². The molecule has 124 valence electrons. The summed E-state index contributed by atoms with van der Waals surface area (Å²) in [6.07, 6.45) is -4.43. The molecule has 1 aromatic carbocycles. The molecule has 0 spiro atoms. The molecule has 0 radical (unpaired) electrons. The molecule has 1 aliphatic heterocycles. The van der Waals surface area contributed by atoms with E-state index in [0.29, 0.717) is 11.3 Å². The number of halogens is 3. The van der Waals surface area contributed by atoms with Gasteiger partial charge in [-0.3, -0.25) is 0 Å². The van der Waals surface area contributed by atoms with Crippen molar-refractivity contribution in [2.45, 2.75) is 26.1 Å². The SMILES string of the molecule is CCOC(=O)C1=C(C)NC(N)=NC1c1ccc(C(F)(F)F)cc1. The van der Waals surface area contributed by atoms with E-state index in [4.69, 9.17) is 10.5 Å². The van der Waals surface area contributed by atoms with Gasteiger partial charge in [-0.25, -0.2) is 9.79 Å². The molecule has 0 amide bonds. The highest BCUT2D eigenvalue weighted by Gasteiger charge is 2.32. The Balaban J connectivity index is 2.41. The summed E-state index contributed by atoms with van der Waals surface area (Å²) in [6.45, 7) is 3.47. The Labute approximate surface area is 131 Å². The Morgan fingerprint density at radius 3 is 2.48 bits per heavy atom. The number of ether oxygens (including phenoxy) is 1. The lowest BCUT2D eigenvalue weighted by Gasteiger charge is -2.24. The van der Waals surface area contributed by atoms with Crippen molar-refractivity contribution in [3.05, 3.63) is 46.7 Å². The zero-order chi connectivity index (χ0) is 17.2. The largest absolute Gasteiger partial charge is 0.463 e. The number of allylic oxidation sites excluding steroid dienone is 1. The molecule has 0 saturated carbocycles. The van der Waals surface area contributed by atoms with Gasteiger partial charge in [-0.1, -0.05) is 12.1 Å². The summed E-state index contributed by atoms with van der Waals surface area (Å²) in [4.78, 5) is 16.2. The summed E-state index contributed by atoms with van der Waals surface area (Å²) in [6, 6.07) is 3.64. The van der Waals surface area contributed by atoms with E-state index < -0.39 is 23.8 Å². The number of esters is 1. The van der Waals surface area contributed by atoms with Crippen LogP contribution in [0.25, 0.3) is 0 Å². The van der Waals surface area contributed by atoms with Crippen LogP contribution in [0.5, 0.6) is 0 Å². The van der Waals surface area contributed by atoms with E-state index in [1.54, 1.807) is 13.8 Å². The molecule has 5 nitrogen and oxygen atoms in total. The molecule has 0 fully saturated rings. The van der Waals surface area contributed by atoms with Crippen LogP contribution in [-0.4, -0.2) is 18.5 Å². The Bertz CT molecular complexity index is 664. The smallest absolute Gasteiger partial charge is 0.416 e. The van der Waals surface area contributed by atoms with Crippen LogP contribution >= 0.6 is 0 Å². The van der Waals surface area contributed by atoms with E-state index in [2.05, 4.69) is 10.3 Å². The minimum atomic E-state index is -4.43. The lowest BCUT2D eigenvalue weighted by molar-refractivity contribution is -0.139. The topological polar surface area (TPSA) is 76.7 Å². The van der Waals surface area contributed by atoms with Gasteiger partial charge in [0, 0.05) is 5.70 Å². The second kappa shape index (κ2) is 6.31. The average Bonchev–Trinajstić information content (AvgIpc) is 2.45. The van der Waals surface area contributed by atoms with Crippen molar-refractivity contribution in [3.63, 3.8) is 0 Å². The predicted octanol–water partition coefficient (Wildman–Crippen LogP) is 2.50. The first-order valence-corrected chi connectivity index (χ1v) is 6.89. The van der Waals surface area contributed by atoms with Crippen LogP contribution in [-0.2, 0) is 15.7 Å². The maximum Gasteiger partial charge on any atom is 0.416 e. The summed E-state index contributed by atoms with van der Waals surface area (Å²) in [5.74, 6) is -0.501. The summed E-state index contributed by atoms with van der Waals surface area (Å²) in [5.41, 5.74) is 5.99. The lowest BCUT2D eigenvalue weighted by atomic mass is 9.95. The van der Waals surface area contributed by atoms with Gasteiger partial charge in [0.25, 0.3) is 0 Å². The van der Waals surface area contributed by atoms with E-state index in [1.807, 2.05) is 0 Å². The number of nitrogens with one attached hydrogen (secondary N) is 1. The number of rotatable bonds is 3. The highest BCUT2D eigenvalue weighted by Crippen LogP contribution is 2.34. The molecule has 23 heavy (non-hydrogen) atoms. The van der Waals surface area contributed by atoms with Crippen molar-refractivity contribution in [1.82, 2.24) is 5.32 Å². The maximum atomic E-state index is 12.7. The number of nitrogens with two attached hydrogens (primary N) is 1.